The smallest absolute Gasteiger partial charge is 0.332 e. The van der Waals surface area contributed by atoms with Crippen molar-refractivity contribution in [1.82, 2.24) is 23.6 Å². The van der Waals surface area contributed by atoms with Gasteiger partial charge in [-0.2, -0.15) is 0 Å². The second-order valence-corrected chi connectivity index (χ2v) is 8.30. The Morgan fingerprint density at radius 1 is 1.00 bits per heavy atom. The van der Waals surface area contributed by atoms with Crippen molar-refractivity contribution < 1.29 is 4.79 Å². The molecule has 3 heterocycles. The van der Waals surface area contributed by atoms with E-state index in [0.29, 0.717) is 30.6 Å². The minimum Gasteiger partial charge on any atom is -0.369 e. The third-order valence-corrected chi connectivity index (χ3v) is 6.04. The van der Waals surface area contributed by atoms with Crippen LogP contribution in [-0.4, -0.2) is 62.7 Å². The van der Waals surface area contributed by atoms with Gasteiger partial charge in [-0.25, -0.2) is 9.78 Å². The Kier molecular flexibility index (Phi) is 6.13. The molecule has 0 aliphatic carbocycles. The fraction of sp³-hybridized carbons (Fsp3) is 0.455. The van der Waals surface area contributed by atoms with E-state index in [-0.39, 0.29) is 11.5 Å². The molecular formula is C22H29N7O3. The first-order chi connectivity index (χ1) is 15.3. The molecule has 4 rings (SSSR count). The van der Waals surface area contributed by atoms with Crippen LogP contribution in [0, 0.1) is 0 Å². The molecule has 1 saturated heterocycles. The number of aromatic nitrogens is 4. The average Bonchev–Trinajstić information content (AvgIpc) is 3.21. The van der Waals surface area contributed by atoms with E-state index in [1.54, 1.807) is 17.9 Å². The highest BCUT2D eigenvalue weighted by atomic mass is 16.2. The van der Waals surface area contributed by atoms with Gasteiger partial charge in [0.1, 0.15) is 0 Å². The van der Waals surface area contributed by atoms with Crippen molar-refractivity contribution in [3.8, 4) is 0 Å². The fourth-order valence-electron chi connectivity index (χ4n) is 4.02. The Morgan fingerprint density at radius 2 is 1.69 bits per heavy atom. The van der Waals surface area contributed by atoms with Gasteiger partial charge in [0.05, 0.1) is 6.33 Å². The van der Waals surface area contributed by atoms with Crippen molar-refractivity contribution in [2.75, 3.05) is 43.4 Å². The summed E-state index contributed by atoms with van der Waals surface area (Å²) in [6.07, 6.45) is 2.40. The van der Waals surface area contributed by atoms with Crippen LogP contribution in [0.3, 0.4) is 0 Å². The molecule has 1 aliphatic heterocycles. The predicted molar refractivity (Wildman–Crippen MR) is 124 cm³/mol. The summed E-state index contributed by atoms with van der Waals surface area (Å²) >= 11 is 0. The highest BCUT2D eigenvalue weighted by Gasteiger charge is 2.15. The van der Waals surface area contributed by atoms with E-state index in [4.69, 9.17) is 0 Å². The number of anilines is 2. The number of fused-ring (bicyclic) bond motifs is 1. The first kappa shape index (κ1) is 21.8. The molecule has 2 aromatic heterocycles. The molecule has 0 atom stereocenters. The minimum absolute atomic E-state index is 0.0814. The lowest BCUT2D eigenvalue weighted by atomic mass is 10.2. The van der Waals surface area contributed by atoms with Gasteiger partial charge >= 0.3 is 5.69 Å². The normalized spacial score (nSPS) is 14.8. The van der Waals surface area contributed by atoms with Gasteiger partial charge in [0.15, 0.2) is 11.2 Å². The maximum absolute atomic E-state index is 12.5. The average molecular weight is 440 g/mol. The number of imidazole rings is 1. The van der Waals surface area contributed by atoms with Crippen LogP contribution >= 0.6 is 0 Å². The number of aryl methyl sites for hydroxylation is 2. The quantitative estimate of drug-likeness (QED) is 0.604. The van der Waals surface area contributed by atoms with Crippen LogP contribution in [0.4, 0.5) is 11.4 Å². The summed E-state index contributed by atoms with van der Waals surface area (Å²) in [6, 6.07) is 7.94. The molecule has 0 spiro atoms. The Bertz CT molecular complexity index is 1230. The highest BCUT2D eigenvalue weighted by Crippen LogP contribution is 2.19. The van der Waals surface area contributed by atoms with Gasteiger partial charge in [-0.3, -0.25) is 18.7 Å². The number of benzene rings is 1. The van der Waals surface area contributed by atoms with Crippen molar-refractivity contribution in [3.63, 3.8) is 0 Å². The number of carbonyl (C=O) groups excluding carboxylic acids is 1. The summed E-state index contributed by atoms with van der Waals surface area (Å²) in [5.74, 6) is -0.0814. The van der Waals surface area contributed by atoms with Gasteiger partial charge < -0.3 is 19.7 Å². The number of nitrogens with zero attached hydrogens (tertiary/aromatic N) is 6. The van der Waals surface area contributed by atoms with E-state index in [0.717, 1.165) is 36.4 Å². The van der Waals surface area contributed by atoms with Crippen LogP contribution < -0.4 is 21.5 Å². The zero-order valence-electron chi connectivity index (χ0n) is 18.7. The van der Waals surface area contributed by atoms with Crippen LogP contribution in [-0.2, 0) is 25.4 Å². The third-order valence-electron chi connectivity index (χ3n) is 6.04. The van der Waals surface area contributed by atoms with Crippen molar-refractivity contribution in [2.45, 2.75) is 19.4 Å². The molecule has 1 fully saturated rings. The van der Waals surface area contributed by atoms with Crippen LogP contribution in [0.5, 0.6) is 0 Å². The van der Waals surface area contributed by atoms with E-state index >= 15 is 0 Å². The van der Waals surface area contributed by atoms with Crippen molar-refractivity contribution in [1.29, 1.82) is 0 Å². The third kappa shape index (κ3) is 4.31. The molecule has 32 heavy (non-hydrogen) atoms. The molecule has 0 saturated carbocycles. The molecule has 1 aliphatic rings. The van der Waals surface area contributed by atoms with E-state index in [1.165, 1.54) is 17.3 Å². The zero-order valence-corrected chi connectivity index (χ0v) is 18.7. The molecule has 170 valence electrons. The number of piperazine rings is 1. The minimum atomic E-state index is -0.411. The van der Waals surface area contributed by atoms with Crippen molar-refractivity contribution in [2.24, 2.45) is 14.1 Å². The molecule has 1 N–H and O–H groups in total. The topological polar surface area (TPSA) is 97.4 Å². The van der Waals surface area contributed by atoms with Gasteiger partial charge in [0, 0.05) is 64.6 Å². The van der Waals surface area contributed by atoms with Gasteiger partial charge in [0.2, 0.25) is 5.91 Å². The molecule has 10 nitrogen and oxygen atoms in total. The summed E-state index contributed by atoms with van der Waals surface area (Å²) in [7, 11) is 5.17. The molecule has 0 bridgehead atoms. The Labute approximate surface area is 185 Å². The summed E-state index contributed by atoms with van der Waals surface area (Å²) in [6.45, 7) is 4.56. The van der Waals surface area contributed by atoms with E-state index < -0.39 is 5.69 Å². The molecule has 0 unspecified atom stereocenters. The Morgan fingerprint density at radius 3 is 2.38 bits per heavy atom. The maximum atomic E-state index is 12.5. The summed E-state index contributed by atoms with van der Waals surface area (Å²) in [5.41, 5.74) is 1.86. The number of likely N-dealkylation sites (N-methyl/N-ethyl adjacent to an activating group) is 1. The summed E-state index contributed by atoms with van der Waals surface area (Å²) < 4.78 is 4.13. The monoisotopic (exact) mass is 439 g/mol. The first-order valence-electron chi connectivity index (χ1n) is 10.8. The fourth-order valence-corrected chi connectivity index (χ4v) is 4.02. The number of rotatable bonds is 6. The molecule has 3 aromatic rings. The predicted octanol–water partition coefficient (Wildman–Crippen LogP) is 0.604. The van der Waals surface area contributed by atoms with E-state index in [9.17, 15) is 14.4 Å². The lowest BCUT2D eigenvalue weighted by Crippen LogP contribution is -2.44. The van der Waals surface area contributed by atoms with Crippen molar-refractivity contribution >= 4 is 28.4 Å². The zero-order chi connectivity index (χ0) is 22.8. The lowest BCUT2D eigenvalue weighted by molar-refractivity contribution is -0.116. The van der Waals surface area contributed by atoms with Crippen LogP contribution in [0.1, 0.15) is 12.8 Å². The molecular weight excluding hydrogens is 410 g/mol. The first-order valence-corrected chi connectivity index (χ1v) is 10.8. The molecule has 1 aromatic carbocycles. The molecule has 0 radical (unpaired) electrons. The number of nitrogens with one attached hydrogen (secondary N) is 1. The number of hydrogen-bond acceptors (Lipinski definition) is 6. The largest absolute Gasteiger partial charge is 0.369 e. The van der Waals surface area contributed by atoms with E-state index in [2.05, 4.69) is 27.1 Å². The number of hydrogen-bond donors (Lipinski definition) is 1. The SMILES string of the molecule is CN1CCN(c2ccc(NC(=O)CCCn3cnc4c3c(=O)n(C)c(=O)n4C)cc2)CC1. The lowest BCUT2D eigenvalue weighted by Gasteiger charge is -2.34. The Balaban J connectivity index is 1.33. The van der Waals surface area contributed by atoms with Gasteiger partial charge in [-0.05, 0) is 37.7 Å². The standard InChI is InChI=1S/C22H29N7O3/c1-25-11-13-28(14-12-25)17-8-6-16(7-9-17)24-18(30)5-4-10-29-15-23-20-19(29)21(31)27(3)22(32)26(20)2/h6-9,15H,4-5,10-14H2,1-3H3,(H,24,30). The number of carbonyl (C=O) groups is 1. The van der Waals surface area contributed by atoms with Crippen LogP contribution in [0.15, 0.2) is 40.2 Å². The highest BCUT2D eigenvalue weighted by molar-refractivity contribution is 5.90. The van der Waals surface area contributed by atoms with Crippen LogP contribution in [0.2, 0.25) is 0 Å². The maximum Gasteiger partial charge on any atom is 0.332 e. The van der Waals surface area contributed by atoms with E-state index in [1.807, 2.05) is 24.3 Å². The van der Waals surface area contributed by atoms with Gasteiger partial charge in [-0.1, -0.05) is 0 Å². The molecule has 10 heteroatoms. The molecule has 1 amide bonds. The van der Waals surface area contributed by atoms with Crippen molar-refractivity contribution in [3.05, 3.63) is 51.4 Å². The Hall–Kier alpha value is -3.40. The summed E-state index contributed by atoms with van der Waals surface area (Å²) in [4.78, 5) is 45.8. The summed E-state index contributed by atoms with van der Waals surface area (Å²) in [5, 5.41) is 2.93. The second kappa shape index (κ2) is 8.99. The number of amides is 1. The van der Waals surface area contributed by atoms with Gasteiger partial charge in [-0.15, -0.1) is 0 Å². The van der Waals surface area contributed by atoms with Crippen LogP contribution in [0.25, 0.3) is 11.2 Å². The van der Waals surface area contributed by atoms with Gasteiger partial charge in [0.25, 0.3) is 5.56 Å². The second-order valence-electron chi connectivity index (χ2n) is 8.30.